The van der Waals surface area contributed by atoms with Crippen LogP contribution in [0.2, 0.25) is 0 Å². The first kappa shape index (κ1) is 20.0. The standard InChI is InChI=1S/C19H25N3O3S2/c1-19(2,3)15-6-8-16(9-7-15)27(24,25)22-11-4-5-14(13-22)17(23)21-18-20-10-12-26-18/h6-10,12,14H,4-5,11,13H2,1-3H3,(H,20,21,23). The van der Waals surface area contributed by atoms with Gasteiger partial charge in [-0.1, -0.05) is 32.9 Å². The molecule has 1 fully saturated rings. The first-order valence-corrected chi connectivity index (χ1v) is 11.3. The van der Waals surface area contributed by atoms with Gasteiger partial charge in [0.2, 0.25) is 15.9 Å². The van der Waals surface area contributed by atoms with Gasteiger partial charge in [0.1, 0.15) is 0 Å². The summed E-state index contributed by atoms with van der Waals surface area (Å²) in [4.78, 5) is 16.8. The van der Waals surface area contributed by atoms with Gasteiger partial charge in [-0.05, 0) is 36.0 Å². The Hall–Kier alpha value is -1.77. The van der Waals surface area contributed by atoms with Crippen molar-refractivity contribution in [1.82, 2.24) is 9.29 Å². The van der Waals surface area contributed by atoms with Crippen LogP contribution in [0.5, 0.6) is 0 Å². The van der Waals surface area contributed by atoms with Gasteiger partial charge in [0.25, 0.3) is 0 Å². The van der Waals surface area contributed by atoms with Crippen molar-refractivity contribution in [3.63, 3.8) is 0 Å². The lowest BCUT2D eigenvalue weighted by Gasteiger charge is -2.31. The van der Waals surface area contributed by atoms with Crippen molar-refractivity contribution in [3.05, 3.63) is 41.4 Å². The third kappa shape index (κ3) is 4.56. The van der Waals surface area contributed by atoms with Crippen LogP contribution in [0.25, 0.3) is 0 Å². The van der Waals surface area contributed by atoms with Gasteiger partial charge in [0.05, 0.1) is 10.8 Å². The molecule has 0 aliphatic carbocycles. The van der Waals surface area contributed by atoms with Gasteiger partial charge in [-0.3, -0.25) is 4.79 Å². The van der Waals surface area contributed by atoms with Crippen LogP contribution in [-0.4, -0.2) is 36.7 Å². The molecule has 2 heterocycles. The Labute approximate surface area is 164 Å². The number of sulfonamides is 1. The van der Waals surface area contributed by atoms with E-state index < -0.39 is 10.0 Å². The summed E-state index contributed by atoms with van der Waals surface area (Å²) in [6.07, 6.45) is 2.96. The number of carbonyl (C=O) groups is 1. The largest absolute Gasteiger partial charge is 0.302 e. The molecule has 27 heavy (non-hydrogen) atoms. The Balaban J connectivity index is 1.73. The van der Waals surface area contributed by atoms with E-state index in [1.54, 1.807) is 23.7 Å². The predicted molar refractivity (Wildman–Crippen MR) is 107 cm³/mol. The van der Waals surface area contributed by atoms with Crippen LogP contribution in [0.4, 0.5) is 5.13 Å². The molecule has 1 unspecified atom stereocenters. The molecular formula is C19H25N3O3S2. The molecule has 6 nitrogen and oxygen atoms in total. The van der Waals surface area contributed by atoms with Crippen LogP contribution < -0.4 is 5.32 Å². The lowest BCUT2D eigenvalue weighted by atomic mass is 9.87. The van der Waals surface area contributed by atoms with Gasteiger partial charge < -0.3 is 5.32 Å². The van der Waals surface area contributed by atoms with Gasteiger partial charge in [-0.2, -0.15) is 4.31 Å². The maximum atomic E-state index is 13.0. The van der Waals surface area contributed by atoms with E-state index >= 15 is 0 Å². The normalized spacial score (nSPS) is 19.0. The Morgan fingerprint density at radius 1 is 1.26 bits per heavy atom. The summed E-state index contributed by atoms with van der Waals surface area (Å²) in [5, 5.41) is 5.10. The zero-order valence-electron chi connectivity index (χ0n) is 15.8. The first-order valence-electron chi connectivity index (χ1n) is 8.99. The van der Waals surface area contributed by atoms with Crippen molar-refractivity contribution in [3.8, 4) is 0 Å². The molecule has 1 aliphatic rings. The molecule has 0 radical (unpaired) electrons. The molecule has 1 N–H and O–H groups in total. The zero-order valence-corrected chi connectivity index (χ0v) is 17.4. The van der Waals surface area contributed by atoms with E-state index in [0.717, 1.165) is 5.56 Å². The molecule has 1 atom stereocenters. The smallest absolute Gasteiger partial charge is 0.243 e. The number of aromatic nitrogens is 1. The molecule has 3 rings (SSSR count). The SMILES string of the molecule is CC(C)(C)c1ccc(S(=O)(=O)N2CCCC(C(=O)Nc3nccs3)C2)cc1. The van der Waals surface area contributed by atoms with Crippen LogP contribution in [0.1, 0.15) is 39.2 Å². The van der Waals surface area contributed by atoms with Crippen LogP contribution >= 0.6 is 11.3 Å². The number of thiazole rings is 1. The number of nitrogens with one attached hydrogen (secondary N) is 1. The number of rotatable bonds is 4. The summed E-state index contributed by atoms with van der Waals surface area (Å²) in [7, 11) is -3.61. The third-order valence-corrected chi connectivity index (χ3v) is 7.34. The van der Waals surface area contributed by atoms with E-state index in [9.17, 15) is 13.2 Å². The molecule has 1 saturated heterocycles. The maximum absolute atomic E-state index is 13.0. The fraction of sp³-hybridized carbons (Fsp3) is 0.474. The maximum Gasteiger partial charge on any atom is 0.243 e. The Morgan fingerprint density at radius 2 is 1.96 bits per heavy atom. The number of piperidine rings is 1. The molecule has 146 valence electrons. The van der Waals surface area contributed by atoms with Gasteiger partial charge >= 0.3 is 0 Å². The second-order valence-corrected chi connectivity index (χ2v) is 10.6. The number of carbonyl (C=O) groups excluding carboxylic acids is 1. The minimum absolute atomic E-state index is 0.0353. The van der Waals surface area contributed by atoms with Crippen molar-refractivity contribution < 1.29 is 13.2 Å². The molecule has 1 amide bonds. The molecule has 1 aromatic heterocycles. The summed E-state index contributed by atoms with van der Waals surface area (Å²) >= 11 is 1.35. The van der Waals surface area contributed by atoms with E-state index in [0.29, 0.717) is 24.5 Å². The van der Waals surface area contributed by atoms with E-state index in [4.69, 9.17) is 0 Å². The highest BCUT2D eigenvalue weighted by atomic mass is 32.2. The molecule has 8 heteroatoms. The highest BCUT2D eigenvalue weighted by Crippen LogP contribution is 2.27. The van der Waals surface area contributed by atoms with Crippen LogP contribution in [-0.2, 0) is 20.2 Å². The van der Waals surface area contributed by atoms with Gasteiger partial charge in [-0.15, -0.1) is 11.3 Å². The minimum atomic E-state index is -3.61. The van der Waals surface area contributed by atoms with Crippen LogP contribution in [0.15, 0.2) is 40.7 Å². The van der Waals surface area contributed by atoms with Gasteiger partial charge in [-0.25, -0.2) is 13.4 Å². The van der Waals surface area contributed by atoms with E-state index in [1.165, 1.54) is 15.6 Å². The summed E-state index contributed by atoms with van der Waals surface area (Å²) in [6, 6.07) is 7.05. The fourth-order valence-corrected chi connectivity index (χ4v) is 5.20. The lowest BCUT2D eigenvalue weighted by molar-refractivity contribution is -0.120. The molecule has 0 saturated carbocycles. The monoisotopic (exact) mass is 407 g/mol. The fourth-order valence-electron chi connectivity index (χ4n) is 3.14. The summed E-state index contributed by atoms with van der Waals surface area (Å²) in [6.45, 7) is 6.90. The second-order valence-electron chi connectivity index (χ2n) is 7.80. The van der Waals surface area contributed by atoms with Crippen LogP contribution in [0.3, 0.4) is 0 Å². The Bertz CT molecular complexity index is 885. The van der Waals surface area contributed by atoms with E-state index in [1.807, 2.05) is 12.1 Å². The molecule has 2 aromatic rings. The lowest BCUT2D eigenvalue weighted by Crippen LogP contribution is -2.43. The van der Waals surface area contributed by atoms with Crippen molar-refractivity contribution in [2.24, 2.45) is 5.92 Å². The average molecular weight is 408 g/mol. The average Bonchev–Trinajstić information content (AvgIpc) is 3.14. The van der Waals surface area contributed by atoms with Crippen LogP contribution in [0, 0.1) is 5.92 Å². The van der Waals surface area contributed by atoms with Crippen molar-refractivity contribution in [1.29, 1.82) is 0 Å². The van der Waals surface area contributed by atoms with Crippen molar-refractivity contribution >= 4 is 32.4 Å². The Morgan fingerprint density at radius 3 is 2.56 bits per heavy atom. The molecule has 0 bridgehead atoms. The number of hydrogen-bond acceptors (Lipinski definition) is 5. The number of benzene rings is 1. The Kier molecular flexibility index (Phi) is 5.69. The molecule has 1 aromatic carbocycles. The molecule has 0 spiro atoms. The highest BCUT2D eigenvalue weighted by Gasteiger charge is 2.33. The molecule has 1 aliphatic heterocycles. The number of nitrogens with zero attached hydrogens (tertiary/aromatic N) is 2. The summed E-state index contributed by atoms with van der Waals surface area (Å²) in [5.74, 6) is -0.542. The zero-order chi connectivity index (χ0) is 19.7. The predicted octanol–water partition coefficient (Wildman–Crippen LogP) is 3.48. The first-order chi connectivity index (χ1) is 12.7. The highest BCUT2D eigenvalue weighted by molar-refractivity contribution is 7.89. The second kappa shape index (κ2) is 7.69. The summed E-state index contributed by atoms with van der Waals surface area (Å²) < 4.78 is 27.5. The molecular weight excluding hydrogens is 382 g/mol. The quantitative estimate of drug-likeness (QED) is 0.841. The van der Waals surface area contributed by atoms with Crippen molar-refractivity contribution in [2.45, 2.75) is 43.9 Å². The summed E-state index contributed by atoms with van der Waals surface area (Å²) in [5.41, 5.74) is 1.05. The number of hydrogen-bond donors (Lipinski definition) is 1. The number of anilines is 1. The van der Waals surface area contributed by atoms with Crippen molar-refractivity contribution in [2.75, 3.05) is 18.4 Å². The van der Waals surface area contributed by atoms with Gasteiger partial charge in [0, 0.05) is 24.7 Å². The van der Waals surface area contributed by atoms with E-state index in [-0.39, 0.29) is 28.7 Å². The van der Waals surface area contributed by atoms with Gasteiger partial charge in [0.15, 0.2) is 5.13 Å². The number of amides is 1. The topological polar surface area (TPSA) is 79.4 Å². The van der Waals surface area contributed by atoms with E-state index in [2.05, 4.69) is 31.1 Å². The third-order valence-electron chi connectivity index (χ3n) is 4.78. The minimum Gasteiger partial charge on any atom is -0.302 e.